The lowest BCUT2D eigenvalue weighted by molar-refractivity contribution is 0.0884. The molecular weight excluding hydrogens is 341 g/mol. The third-order valence-corrected chi connectivity index (χ3v) is 2.09. The summed E-state index contributed by atoms with van der Waals surface area (Å²) in [6, 6.07) is 9.45. The average molecular weight is 361 g/mol. The van der Waals surface area contributed by atoms with Crippen LogP contribution in [0.4, 0.5) is 0 Å². The van der Waals surface area contributed by atoms with Gasteiger partial charge in [0.05, 0.1) is 5.60 Å². The van der Waals surface area contributed by atoms with E-state index in [1.807, 2.05) is 37.3 Å². The number of nitrogens with zero attached hydrogens (tertiary/aromatic N) is 2. The average Bonchev–Trinajstić information content (AvgIpc) is 2.25. The van der Waals surface area contributed by atoms with Crippen LogP contribution in [0.3, 0.4) is 0 Å². The largest absolute Gasteiger partial charge is 0.390 e. The summed E-state index contributed by atoms with van der Waals surface area (Å²) in [5.41, 5.74) is 6.60. The van der Waals surface area contributed by atoms with Crippen LogP contribution in [-0.2, 0) is 0 Å². The van der Waals surface area contributed by atoms with E-state index in [9.17, 15) is 5.11 Å². The van der Waals surface area contributed by atoms with Gasteiger partial charge in [0.1, 0.15) is 0 Å². The molecule has 0 saturated carbocycles. The van der Waals surface area contributed by atoms with E-state index < -0.39 is 5.60 Å². The van der Waals surface area contributed by atoms with Crippen molar-refractivity contribution in [3.63, 3.8) is 0 Å². The lowest BCUT2D eigenvalue weighted by Gasteiger charge is -2.15. The van der Waals surface area contributed by atoms with E-state index in [1.54, 1.807) is 13.8 Å². The highest BCUT2D eigenvalue weighted by atomic mass is 127. The molecule has 0 amide bonds. The van der Waals surface area contributed by atoms with Gasteiger partial charge in [-0.05, 0) is 20.8 Å². The summed E-state index contributed by atoms with van der Waals surface area (Å²) >= 11 is 0. The van der Waals surface area contributed by atoms with E-state index in [0.29, 0.717) is 12.3 Å². The Hall–Kier alpha value is -0.950. The number of aliphatic hydroxyl groups is 1. The van der Waals surface area contributed by atoms with Crippen LogP contribution in [0.2, 0.25) is 0 Å². The van der Waals surface area contributed by atoms with Gasteiger partial charge in [-0.25, -0.2) is 0 Å². The summed E-state index contributed by atoms with van der Waals surface area (Å²) in [6.45, 7) is 5.28. The first kappa shape index (κ1) is 17.1. The number of benzene rings is 1. The van der Waals surface area contributed by atoms with Crippen LogP contribution in [0, 0.1) is 0 Å². The molecule has 0 aromatic heterocycles. The van der Waals surface area contributed by atoms with Crippen molar-refractivity contribution in [3.8, 4) is 0 Å². The third kappa shape index (κ3) is 6.70. The van der Waals surface area contributed by atoms with Crippen molar-refractivity contribution in [2.45, 2.75) is 32.8 Å². The Labute approximate surface area is 125 Å². The van der Waals surface area contributed by atoms with E-state index in [4.69, 9.17) is 5.73 Å². The fraction of sp³-hybridized carbons (Fsp3) is 0.385. The van der Waals surface area contributed by atoms with Gasteiger partial charge in [0.25, 0.3) is 0 Å². The molecule has 1 aromatic rings. The first-order chi connectivity index (χ1) is 7.88. The summed E-state index contributed by atoms with van der Waals surface area (Å²) in [4.78, 5) is 0. The molecule has 0 spiro atoms. The highest BCUT2D eigenvalue weighted by Gasteiger charge is 2.13. The molecule has 0 saturated heterocycles. The quantitative estimate of drug-likeness (QED) is 0.375. The van der Waals surface area contributed by atoms with Gasteiger partial charge in [-0.15, -0.1) is 29.1 Å². The molecule has 0 fully saturated rings. The van der Waals surface area contributed by atoms with Crippen molar-refractivity contribution >= 4 is 35.5 Å². The number of hydrogen-bond acceptors (Lipinski definition) is 3. The van der Waals surface area contributed by atoms with E-state index in [2.05, 4.69) is 10.2 Å². The molecule has 4 nitrogen and oxygen atoms in total. The van der Waals surface area contributed by atoms with Crippen LogP contribution >= 0.6 is 24.0 Å². The molecule has 0 atom stereocenters. The highest BCUT2D eigenvalue weighted by Crippen LogP contribution is 2.08. The van der Waals surface area contributed by atoms with E-state index in [-0.39, 0.29) is 24.0 Å². The molecule has 0 radical (unpaired) electrons. The smallest absolute Gasteiger partial charge is 0.153 e. The van der Waals surface area contributed by atoms with Crippen molar-refractivity contribution in [3.05, 3.63) is 35.9 Å². The summed E-state index contributed by atoms with van der Waals surface area (Å²) < 4.78 is 0. The highest BCUT2D eigenvalue weighted by molar-refractivity contribution is 14.0. The maximum Gasteiger partial charge on any atom is 0.153 e. The standard InChI is InChI=1S/C13H19N3O.HI/c1-10(9-13(2,3)17)15-16-12(14)11-7-5-4-6-8-11;/h4-8,17H,9H2,1-3H3,(H2,14,16);1H. The van der Waals surface area contributed by atoms with Crippen LogP contribution in [0.15, 0.2) is 40.5 Å². The Balaban J connectivity index is 0.00000289. The number of hydrogen-bond donors (Lipinski definition) is 2. The van der Waals surface area contributed by atoms with Gasteiger partial charge in [0.15, 0.2) is 5.84 Å². The summed E-state index contributed by atoms with van der Waals surface area (Å²) in [6.07, 6.45) is 0.471. The van der Waals surface area contributed by atoms with Crippen molar-refractivity contribution in [2.24, 2.45) is 15.9 Å². The third-order valence-electron chi connectivity index (χ3n) is 2.09. The Bertz CT molecular complexity index is 422. The van der Waals surface area contributed by atoms with Gasteiger partial charge in [-0.3, -0.25) is 0 Å². The Morgan fingerprint density at radius 3 is 2.28 bits per heavy atom. The number of nitrogens with two attached hydrogens (primary N) is 1. The second-order valence-electron chi connectivity index (χ2n) is 4.68. The number of halogens is 1. The minimum atomic E-state index is -0.773. The molecule has 1 aromatic carbocycles. The fourth-order valence-electron chi connectivity index (χ4n) is 1.47. The maximum atomic E-state index is 9.61. The molecule has 1 rings (SSSR count). The SMILES string of the molecule is CC(CC(C)(C)O)=N/N=C(\N)c1ccccc1.I. The van der Waals surface area contributed by atoms with Crippen molar-refractivity contribution in [1.82, 2.24) is 0 Å². The second-order valence-corrected chi connectivity index (χ2v) is 4.68. The molecule has 0 heterocycles. The Morgan fingerprint density at radius 2 is 1.78 bits per heavy atom. The van der Waals surface area contributed by atoms with Gasteiger partial charge in [0.2, 0.25) is 0 Å². The molecule has 18 heavy (non-hydrogen) atoms. The molecule has 0 aliphatic heterocycles. The van der Waals surface area contributed by atoms with Crippen LogP contribution in [0.5, 0.6) is 0 Å². The second kappa shape index (κ2) is 7.48. The summed E-state index contributed by atoms with van der Waals surface area (Å²) in [7, 11) is 0. The predicted octanol–water partition coefficient (Wildman–Crippen LogP) is 2.55. The fourth-order valence-corrected chi connectivity index (χ4v) is 1.47. The van der Waals surface area contributed by atoms with Gasteiger partial charge in [-0.1, -0.05) is 30.3 Å². The summed E-state index contributed by atoms with van der Waals surface area (Å²) in [5.74, 6) is 0.376. The van der Waals surface area contributed by atoms with Crippen LogP contribution in [0.1, 0.15) is 32.8 Å². The van der Waals surface area contributed by atoms with E-state index in [0.717, 1.165) is 11.3 Å². The zero-order valence-corrected chi connectivity index (χ0v) is 13.3. The van der Waals surface area contributed by atoms with E-state index >= 15 is 0 Å². The zero-order chi connectivity index (χ0) is 12.9. The van der Waals surface area contributed by atoms with Crippen molar-refractivity contribution < 1.29 is 5.11 Å². The lowest BCUT2D eigenvalue weighted by atomic mass is 10.0. The molecular formula is C13H20IN3O. The molecule has 3 N–H and O–H groups in total. The molecule has 0 bridgehead atoms. The number of rotatable bonds is 4. The van der Waals surface area contributed by atoms with Gasteiger partial charge in [-0.2, -0.15) is 5.10 Å². The predicted molar refractivity (Wildman–Crippen MR) is 86.6 cm³/mol. The lowest BCUT2D eigenvalue weighted by Crippen LogP contribution is -2.22. The van der Waals surface area contributed by atoms with Crippen LogP contribution < -0.4 is 5.73 Å². The van der Waals surface area contributed by atoms with Crippen LogP contribution in [-0.4, -0.2) is 22.3 Å². The molecule has 100 valence electrons. The van der Waals surface area contributed by atoms with Crippen molar-refractivity contribution in [1.29, 1.82) is 0 Å². The zero-order valence-electron chi connectivity index (χ0n) is 10.9. The molecule has 0 aliphatic carbocycles. The first-order valence-corrected chi connectivity index (χ1v) is 5.53. The molecule has 5 heteroatoms. The maximum absolute atomic E-state index is 9.61. The summed E-state index contributed by atoms with van der Waals surface area (Å²) in [5, 5.41) is 17.6. The minimum absolute atomic E-state index is 0. The number of amidine groups is 1. The molecule has 0 unspecified atom stereocenters. The van der Waals surface area contributed by atoms with Gasteiger partial charge in [0, 0.05) is 17.7 Å². The van der Waals surface area contributed by atoms with Crippen LogP contribution in [0.25, 0.3) is 0 Å². The van der Waals surface area contributed by atoms with Crippen molar-refractivity contribution in [2.75, 3.05) is 0 Å². The normalized spacial score (nSPS) is 13.1. The molecule has 0 aliphatic rings. The monoisotopic (exact) mass is 361 g/mol. The van der Waals surface area contributed by atoms with Gasteiger partial charge < -0.3 is 10.8 Å². The van der Waals surface area contributed by atoms with E-state index in [1.165, 1.54) is 0 Å². The minimum Gasteiger partial charge on any atom is -0.390 e. The topological polar surface area (TPSA) is 71.0 Å². The first-order valence-electron chi connectivity index (χ1n) is 5.53. The Morgan fingerprint density at radius 1 is 1.22 bits per heavy atom. The Kier molecular flexibility index (Phi) is 7.08. The van der Waals surface area contributed by atoms with Gasteiger partial charge >= 0.3 is 0 Å².